The number of halogens is 4. The molecule has 138 valence electrons. The fraction of sp³-hybridized carbons (Fsp3) is 0.412. The van der Waals surface area contributed by atoms with Crippen LogP contribution in [-0.4, -0.2) is 25.3 Å². The molecule has 0 heterocycles. The van der Waals surface area contributed by atoms with Crippen molar-refractivity contribution in [1.82, 2.24) is 0 Å². The molecule has 0 spiro atoms. The predicted molar refractivity (Wildman–Crippen MR) is 101 cm³/mol. The number of hydrogen-bond donors (Lipinski definition) is 0. The van der Waals surface area contributed by atoms with Crippen LogP contribution in [0.4, 0.5) is 0 Å². The van der Waals surface area contributed by atoms with Crippen LogP contribution in [0, 0.1) is 0 Å². The second-order valence-electron chi connectivity index (χ2n) is 5.12. The topological polar surface area (TPSA) is 52.6 Å². The minimum atomic E-state index is -0.360. The van der Waals surface area contributed by atoms with Crippen LogP contribution in [0.5, 0.6) is 11.5 Å². The Bertz CT molecular complexity index is 590. The fourth-order valence-corrected chi connectivity index (χ4v) is 2.65. The van der Waals surface area contributed by atoms with E-state index in [9.17, 15) is 9.59 Å². The van der Waals surface area contributed by atoms with Crippen LogP contribution < -0.4 is 9.47 Å². The second kappa shape index (κ2) is 12.4. The number of aldehydes is 1. The SMILES string of the molecule is O=CC(=O)CCCCCCOc1c(Cl)cc(OCC=C(Cl)Cl)cc1Cl. The quantitative estimate of drug-likeness (QED) is 0.240. The van der Waals surface area contributed by atoms with Crippen LogP contribution in [0.25, 0.3) is 0 Å². The summed E-state index contributed by atoms with van der Waals surface area (Å²) in [5.41, 5.74) is 0. The standard InChI is InChI=1S/C17H18Cl4O4/c18-14-9-13(24-8-6-16(20)21)10-15(19)17(14)25-7-4-2-1-3-5-12(23)11-22/h6,9-11H,1-5,7-8H2. The molecule has 0 aliphatic carbocycles. The van der Waals surface area contributed by atoms with Gasteiger partial charge in [0.1, 0.15) is 16.8 Å². The van der Waals surface area contributed by atoms with Gasteiger partial charge in [0.25, 0.3) is 0 Å². The molecule has 0 radical (unpaired) electrons. The van der Waals surface area contributed by atoms with Crippen LogP contribution in [0.15, 0.2) is 22.7 Å². The molecule has 0 fully saturated rings. The third kappa shape index (κ3) is 9.36. The van der Waals surface area contributed by atoms with E-state index in [1.165, 1.54) is 6.08 Å². The van der Waals surface area contributed by atoms with E-state index in [1.807, 2.05) is 0 Å². The number of rotatable bonds is 12. The molecule has 1 aromatic rings. The van der Waals surface area contributed by atoms with Gasteiger partial charge >= 0.3 is 0 Å². The summed E-state index contributed by atoms with van der Waals surface area (Å²) in [5, 5.41) is 0.694. The zero-order valence-electron chi connectivity index (χ0n) is 13.4. The second-order valence-corrected chi connectivity index (χ2v) is 6.94. The van der Waals surface area contributed by atoms with Crippen LogP contribution in [0.2, 0.25) is 10.0 Å². The van der Waals surface area contributed by atoms with E-state index >= 15 is 0 Å². The molecule has 0 saturated carbocycles. The molecule has 0 aromatic heterocycles. The number of ether oxygens (including phenoxy) is 2. The van der Waals surface area contributed by atoms with Crippen molar-refractivity contribution < 1.29 is 19.1 Å². The smallest absolute Gasteiger partial charge is 0.195 e. The molecule has 8 heteroatoms. The third-order valence-corrected chi connectivity index (χ3v) is 4.02. The highest BCUT2D eigenvalue weighted by atomic mass is 35.5. The normalized spacial score (nSPS) is 10.2. The van der Waals surface area contributed by atoms with Crippen molar-refractivity contribution >= 4 is 58.5 Å². The molecule has 0 saturated heterocycles. The van der Waals surface area contributed by atoms with Crippen LogP contribution in [-0.2, 0) is 9.59 Å². The van der Waals surface area contributed by atoms with Gasteiger partial charge in [-0.3, -0.25) is 9.59 Å². The van der Waals surface area contributed by atoms with Gasteiger partial charge in [0.2, 0.25) is 0 Å². The van der Waals surface area contributed by atoms with Crippen molar-refractivity contribution in [3.63, 3.8) is 0 Å². The van der Waals surface area contributed by atoms with E-state index in [1.54, 1.807) is 12.1 Å². The summed E-state index contributed by atoms with van der Waals surface area (Å²) in [6, 6.07) is 3.20. The van der Waals surface area contributed by atoms with Gasteiger partial charge in [0.05, 0.1) is 16.7 Å². The molecule has 4 nitrogen and oxygen atoms in total. The van der Waals surface area contributed by atoms with Crippen molar-refractivity contribution in [2.45, 2.75) is 32.1 Å². The first-order chi connectivity index (χ1) is 11.9. The summed E-state index contributed by atoms with van der Waals surface area (Å²) < 4.78 is 11.1. The first-order valence-corrected chi connectivity index (χ1v) is 9.19. The number of ketones is 1. The molecule has 25 heavy (non-hydrogen) atoms. The summed E-state index contributed by atoms with van der Waals surface area (Å²) >= 11 is 23.3. The Kier molecular flexibility index (Phi) is 11.0. The number of unbranched alkanes of at least 4 members (excludes halogenated alkanes) is 3. The highest BCUT2D eigenvalue weighted by Crippen LogP contribution is 2.37. The number of carbonyl (C=O) groups excluding carboxylic acids is 2. The lowest BCUT2D eigenvalue weighted by molar-refractivity contribution is -0.129. The monoisotopic (exact) mass is 426 g/mol. The predicted octanol–water partition coefficient (Wildman–Crippen LogP) is 5.79. The number of hydrogen-bond acceptors (Lipinski definition) is 4. The molecule has 0 bridgehead atoms. The summed E-state index contributed by atoms with van der Waals surface area (Å²) in [6.07, 6.45) is 5.39. The largest absolute Gasteiger partial charge is 0.490 e. The molecular weight excluding hydrogens is 410 g/mol. The molecule has 0 N–H and O–H groups in total. The van der Waals surface area contributed by atoms with Gasteiger partial charge in [-0.2, -0.15) is 0 Å². The highest BCUT2D eigenvalue weighted by Gasteiger charge is 2.10. The lowest BCUT2D eigenvalue weighted by Crippen LogP contribution is -2.01. The Morgan fingerprint density at radius 3 is 2.24 bits per heavy atom. The lowest BCUT2D eigenvalue weighted by atomic mass is 10.1. The Morgan fingerprint density at radius 1 is 1.00 bits per heavy atom. The highest BCUT2D eigenvalue weighted by molar-refractivity contribution is 6.55. The Labute approximate surface area is 167 Å². The van der Waals surface area contributed by atoms with Crippen LogP contribution >= 0.6 is 46.4 Å². The maximum Gasteiger partial charge on any atom is 0.195 e. The Morgan fingerprint density at radius 2 is 1.64 bits per heavy atom. The average molecular weight is 428 g/mol. The van der Waals surface area contributed by atoms with Gasteiger partial charge < -0.3 is 9.47 Å². The summed E-state index contributed by atoms with van der Waals surface area (Å²) in [5.74, 6) is 0.520. The molecular formula is C17H18Cl4O4. The van der Waals surface area contributed by atoms with Crippen molar-refractivity contribution in [1.29, 1.82) is 0 Å². The Balaban J connectivity index is 2.37. The third-order valence-electron chi connectivity index (χ3n) is 3.15. The van der Waals surface area contributed by atoms with E-state index in [4.69, 9.17) is 55.9 Å². The summed E-state index contributed by atoms with van der Waals surface area (Å²) in [4.78, 5) is 21.0. The molecule has 1 rings (SSSR count). The zero-order chi connectivity index (χ0) is 18.7. The number of carbonyl (C=O) groups is 2. The molecule has 0 aliphatic rings. The van der Waals surface area contributed by atoms with Gasteiger partial charge in [-0.15, -0.1) is 0 Å². The van der Waals surface area contributed by atoms with E-state index in [-0.39, 0.29) is 16.9 Å². The lowest BCUT2D eigenvalue weighted by Gasteiger charge is -2.12. The maximum atomic E-state index is 10.8. The molecule has 0 atom stereocenters. The summed E-state index contributed by atoms with van der Waals surface area (Å²) in [6.45, 7) is 0.646. The molecule has 0 amide bonds. The van der Waals surface area contributed by atoms with Crippen molar-refractivity contribution in [2.75, 3.05) is 13.2 Å². The number of benzene rings is 1. The van der Waals surface area contributed by atoms with Gasteiger partial charge in [0.15, 0.2) is 17.8 Å². The van der Waals surface area contributed by atoms with Gasteiger partial charge in [-0.05, 0) is 18.9 Å². The fourth-order valence-electron chi connectivity index (χ4n) is 1.95. The average Bonchev–Trinajstić information content (AvgIpc) is 2.55. The molecule has 1 aromatic carbocycles. The minimum absolute atomic E-state index is 0.118. The zero-order valence-corrected chi connectivity index (χ0v) is 16.4. The number of Topliss-reactive ketones (excluding diaryl/α,β-unsaturated/α-hetero) is 1. The molecule has 0 unspecified atom stereocenters. The Hall–Kier alpha value is -0.940. The first-order valence-electron chi connectivity index (χ1n) is 7.68. The first kappa shape index (κ1) is 22.1. The minimum Gasteiger partial charge on any atom is -0.490 e. The van der Waals surface area contributed by atoms with Gasteiger partial charge in [-0.25, -0.2) is 0 Å². The van der Waals surface area contributed by atoms with Crippen molar-refractivity contribution in [3.8, 4) is 11.5 Å². The van der Waals surface area contributed by atoms with Crippen molar-refractivity contribution in [2.24, 2.45) is 0 Å². The maximum absolute atomic E-state index is 10.8. The van der Waals surface area contributed by atoms with Gasteiger partial charge in [-0.1, -0.05) is 59.2 Å². The van der Waals surface area contributed by atoms with Crippen molar-refractivity contribution in [3.05, 3.63) is 32.7 Å². The van der Waals surface area contributed by atoms with E-state index in [0.717, 1.165) is 19.3 Å². The van der Waals surface area contributed by atoms with Gasteiger partial charge in [0, 0.05) is 18.6 Å². The van der Waals surface area contributed by atoms with Crippen LogP contribution in [0.3, 0.4) is 0 Å². The van der Waals surface area contributed by atoms with Crippen LogP contribution in [0.1, 0.15) is 32.1 Å². The van der Waals surface area contributed by atoms with E-state index in [2.05, 4.69) is 0 Å². The van der Waals surface area contributed by atoms with E-state index < -0.39 is 0 Å². The molecule has 0 aliphatic heterocycles. The summed E-state index contributed by atoms with van der Waals surface area (Å²) in [7, 11) is 0. The van der Waals surface area contributed by atoms with E-state index in [0.29, 0.717) is 47.3 Å².